The van der Waals surface area contributed by atoms with Gasteiger partial charge in [-0.2, -0.15) is 0 Å². The van der Waals surface area contributed by atoms with E-state index >= 15 is 0 Å². The number of imide groups is 1. The first-order valence-electron chi connectivity index (χ1n) is 10.5. The molecule has 8 nitrogen and oxygen atoms in total. The van der Waals surface area contributed by atoms with Gasteiger partial charge in [-0.3, -0.25) is 19.3 Å². The standard InChI is InChI=1S/C24H29N3O5/c1-13-19(16(4)28)14(2)25-20(13)21(29)15(3)27-22(30)24(5,26-23(27)31)12-11-17-7-9-18(32-6)10-8-17/h7-10,15,25H,11-12H2,1-6H3,(H,26,31). The molecule has 1 fully saturated rings. The topological polar surface area (TPSA) is 109 Å². The first-order chi connectivity index (χ1) is 15.0. The van der Waals surface area contributed by atoms with Gasteiger partial charge in [0.1, 0.15) is 17.3 Å². The minimum Gasteiger partial charge on any atom is -0.497 e. The molecule has 1 saturated heterocycles. The fraction of sp³-hybridized carbons (Fsp3) is 0.417. The Balaban J connectivity index is 1.77. The Morgan fingerprint density at radius 3 is 2.31 bits per heavy atom. The number of carbonyl (C=O) groups is 4. The van der Waals surface area contributed by atoms with Crippen LogP contribution in [0.1, 0.15) is 64.9 Å². The molecule has 0 radical (unpaired) electrons. The lowest BCUT2D eigenvalue weighted by Gasteiger charge is -2.24. The third kappa shape index (κ3) is 4.04. The van der Waals surface area contributed by atoms with Crippen molar-refractivity contribution in [2.24, 2.45) is 0 Å². The normalized spacial score (nSPS) is 19.1. The van der Waals surface area contributed by atoms with Crippen molar-refractivity contribution in [3.05, 3.63) is 52.3 Å². The molecular weight excluding hydrogens is 410 g/mol. The minimum atomic E-state index is -1.11. The van der Waals surface area contributed by atoms with Crippen molar-refractivity contribution in [1.82, 2.24) is 15.2 Å². The molecule has 2 N–H and O–H groups in total. The summed E-state index contributed by atoms with van der Waals surface area (Å²) in [6.07, 6.45) is 0.954. The molecule has 2 heterocycles. The maximum absolute atomic E-state index is 13.2. The molecule has 3 rings (SSSR count). The highest BCUT2D eigenvalue weighted by atomic mass is 16.5. The second kappa shape index (κ2) is 8.61. The largest absolute Gasteiger partial charge is 0.497 e. The minimum absolute atomic E-state index is 0.149. The summed E-state index contributed by atoms with van der Waals surface area (Å²) in [4.78, 5) is 54.9. The number of aryl methyl sites for hydroxylation is 2. The van der Waals surface area contributed by atoms with Gasteiger partial charge in [0.25, 0.3) is 5.91 Å². The number of urea groups is 1. The van der Waals surface area contributed by atoms with Gasteiger partial charge in [0.15, 0.2) is 5.78 Å². The van der Waals surface area contributed by atoms with Crippen LogP contribution in [-0.4, -0.2) is 52.1 Å². The zero-order valence-electron chi connectivity index (χ0n) is 19.3. The average Bonchev–Trinajstić information content (AvgIpc) is 3.17. The van der Waals surface area contributed by atoms with Crippen LogP contribution in [0.5, 0.6) is 5.75 Å². The number of carbonyl (C=O) groups excluding carboxylic acids is 4. The molecule has 0 saturated carbocycles. The number of methoxy groups -OCH3 is 1. The van der Waals surface area contributed by atoms with Crippen molar-refractivity contribution in [2.75, 3.05) is 7.11 Å². The second-order valence-electron chi connectivity index (χ2n) is 8.51. The number of aromatic nitrogens is 1. The highest BCUT2D eigenvalue weighted by Gasteiger charge is 2.50. The predicted molar refractivity (Wildman–Crippen MR) is 119 cm³/mol. The van der Waals surface area contributed by atoms with Crippen molar-refractivity contribution in [3.8, 4) is 5.75 Å². The highest BCUT2D eigenvalue weighted by Crippen LogP contribution is 2.28. The fourth-order valence-electron chi connectivity index (χ4n) is 4.27. The number of aromatic amines is 1. The first kappa shape index (κ1) is 23.2. The van der Waals surface area contributed by atoms with E-state index in [4.69, 9.17) is 4.74 Å². The van der Waals surface area contributed by atoms with Crippen LogP contribution in [0.2, 0.25) is 0 Å². The van der Waals surface area contributed by atoms with Gasteiger partial charge in [0, 0.05) is 11.3 Å². The van der Waals surface area contributed by atoms with Gasteiger partial charge in [-0.25, -0.2) is 4.79 Å². The maximum Gasteiger partial charge on any atom is 0.325 e. The summed E-state index contributed by atoms with van der Waals surface area (Å²) in [6, 6.07) is 5.90. The zero-order valence-corrected chi connectivity index (χ0v) is 19.3. The van der Waals surface area contributed by atoms with Crippen molar-refractivity contribution < 1.29 is 23.9 Å². The number of H-pyrrole nitrogens is 1. The molecule has 0 bridgehead atoms. The Hall–Kier alpha value is -3.42. The molecular formula is C24H29N3O5. The van der Waals surface area contributed by atoms with Gasteiger partial charge in [0.2, 0.25) is 5.78 Å². The third-order valence-electron chi connectivity index (χ3n) is 6.17. The number of rotatable bonds is 8. The van der Waals surface area contributed by atoms with Gasteiger partial charge in [-0.05, 0) is 70.7 Å². The summed E-state index contributed by atoms with van der Waals surface area (Å²) in [5.41, 5.74) is 1.71. The number of ether oxygens (including phenoxy) is 1. The third-order valence-corrected chi connectivity index (χ3v) is 6.17. The molecule has 1 aliphatic rings. The van der Waals surface area contributed by atoms with E-state index in [0.717, 1.165) is 16.2 Å². The fourth-order valence-corrected chi connectivity index (χ4v) is 4.27. The predicted octanol–water partition coefficient (Wildman–Crippen LogP) is 3.36. The number of nitrogens with one attached hydrogen (secondary N) is 2. The van der Waals surface area contributed by atoms with E-state index < -0.39 is 29.3 Å². The molecule has 2 aromatic rings. The summed E-state index contributed by atoms with van der Waals surface area (Å²) in [5.74, 6) is -0.263. The van der Waals surface area contributed by atoms with E-state index in [1.54, 1.807) is 27.9 Å². The maximum atomic E-state index is 13.2. The van der Waals surface area contributed by atoms with Gasteiger partial charge in [-0.1, -0.05) is 12.1 Å². The van der Waals surface area contributed by atoms with Crippen LogP contribution in [0.3, 0.4) is 0 Å². The van der Waals surface area contributed by atoms with Crippen molar-refractivity contribution in [3.63, 3.8) is 0 Å². The van der Waals surface area contributed by atoms with Crippen LogP contribution >= 0.6 is 0 Å². The molecule has 0 spiro atoms. The van der Waals surface area contributed by atoms with E-state index in [1.165, 1.54) is 13.8 Å². The van der Waals surface area contributed by atoms with Crippen molar-refractivity contribution in [2.45, 2.75) is 59.0 Å². The van der Waals surface area contributed by atoms with Gasteiger partial charge in [-0.15, -0.1) is 0 Å². The second-order valence-corrected chi connectivity index (χ2v) is 8.51. The first-order valence-corrected chi connectivity index (χ1v) is 10.5. The number of benzene rings is 1. The van der Waals surface area contributed by atoms with Crippen LogP contribution in [0.25, 0.3) is 0 Å². The number of ketones is 2. The van der Waals surface area contributed by atoms with Crippen LogP contribution < -0.4 is 10.1 Å². The molecule has 32 heavy (non-hydrogen) atoms. The number of nitrogens with zero attached hydrogens (tertiary/aromatic N) is 1. The lowest BCUT2D eigenvalue weighted by atomic mass is 9.92. The molecule has 1 aliphatic heterocycles. The Labute approximate surface area is 187 Å². The summed E-state index contributed by atoms with van der Waals surface area (Å²) in [6.45, 7) is 8.04. The smallest absolute Gasteiger partial charge is 0.325 e. The summed E-state index contributed by atoms with van der Waals surface area (Å²) in [7, 11) is 1.59. The van der Waals surface area contributed by atoms with Gasteiger partial charge >= 0.3 is 6.03 Å². The molecule has 2 atom stereocenters. The molecule has 1 aromatic carbocycles. The molecule has 0 aliphatic carbocycles. The lowest BCUT2D eigenvalue weighted by Crippen LogP contribution is -2.47. The molecule has 3 amide bonds. The quantitative estimate of drug-likeness (QED) is 0.484. The monoisotopic (exact) mass is 439 g/mol. The summed E-state index contributed by atoms with van der Waals surface area (Å²) < 4.78 is 5.16. The van der Waals surface area contributed by atoms with E-state index in [-0.39, 0.29) is 11.5 Å². The highest BCUT2D eigenvalue weighted by molar-refractivity contribution is 6.13. The Kier molecular flexibility index (Phi) is 6.25. The average molecular weight is 440 g/mol. The molecule has 2 unspecified atom stereocenters. The van der Waals surface area contributed by atoms with Crippen molar-refractivity contribution >= 4 is 23.5 Å². The van der Waals surface area contributed by atoms with Crippen LogP contribution in [0.4, 0.5) is 4.79 Å². The summed E-state index contributed by atoms with van der Waals surface area (Å²) in [5, 5.41) is 2.76. The number of hydrogen-bond acceptors (Lipinski definition) is 5. The molecule has 8 heteroatoms. The number of amides is 3. The Morgan fingerprint density at radius 2 is 1.78 bits per heavy atom. The summed E-state index contributed by atoms with van der Waals surface area (Å²) >= 11 is 0. The van der Waals surface area contributed by atoms with E-state index in [1.807, 2.05) is 24.3 Å². The van der Waals surface area contributed by atoms with Crippen LogP contribution in [-0.2, 0) is 11.2 Å². The van der Waals surface area contributed by atoms with Crippen LogP contribution in [0.15, 0.2) is 24.3 Å². The van der Waals surface area contributed by atoms with E-state index in [9.17, 15) is 19.2 Å². The Bertz CT molecular complexity index is 1090. The SMILES string of the molecule is COc1ccc(CCC2(C)NC(=O)N(C(C)C(=O)c3[nH]c(C)c(C(C)=O)c3C)C2=O)cc1. The number of hydrogen-bond donors (Lipinski definition) is 2. The lowest BCUT2D eigenvalue weighted by molar-refractivity contribution is -0.131. The van der Waals surface area contributed by atoms with Gasteiger partial charge < -0.3 is 15.0 Å². The number of Topliss-reactive ketones (excluding diaryl/α,β-unsaturated/α-hetero) is 2. The van der Waals surface area contributed by atoms with Gasteiger partial charge in [0.05, 0.1) is 12.8 Å². The van der Waals surface area contributed by atoms with E-state index in [2.05, 4.69) is 10.3 Å². The van der Waals surface area contributed by atoms with E-state index in [0.29, 0.717) is 29.7 Å². The van der Waals surface area contributed by atoms with Crippen LogP contribution in [0, 0.1) is 13.8 Å². The zero-order chi connectivity index (χ0) is 23.8. The Morgan fingerprint density at radius 1 is 1.16 bits per heavy atom. The molecule has 1 aromatic heterocycles. The molecule has 170 valence electrons. The van der Waals surface area contributed by atoms with Crippen molar-refractivity contribution in [1.29, 1.82) is 0 Å².